The molecule has 1 atom stereocenters. The second-order valence-electron chi connectivity index (χ2n) is 3.88. The SMILES string of the molecule is COC(C(=O)Nc1ccnc(Cl)c1)c1ccccc1. The lowest BCUT2D eigenvalue weighted by molar-refractivity contribution is -0.126. The number of hydrogen-bond donors (Lipinski definition) is 1. The number of benzene rings is 1. The van der Waals surface area contributed by atoms with Gasteiger partial charge in [0, 0.05) is 19.0 Å². The first-order valence-electron chi connectivity index (χ1n) is 5.71. The van der Waals surface area contributed by atoms with Crippen molar-refractivity contribution in [1.29, 1.82) is 0 Å². The molecule has 0 spiro atoms. The smallest absolute Gasteiger partial charge is 0.258 e. The molecule has 1 N–H and O–H groups in total. The number of rotatable bonds is 4. The number of aromatic nitrogens is 1. The van der Waals surface area contributed by atoms with E-state index in [9.17, 15) is 4.79 Å². The van der Waals surface area contributed by atoms with Crippen molar-refractivity contribution in [2.75, 3.05) is 12.4 Å². The third-order valence-electron chi connectivity index (χ3n) is 2.57. The summed E-state index contributed by atoms with van der Waals surface area (Å²) in [6.45, 7) is 0. The lowest BCUT2D eigenvalue weighted by Gasteiger charge is -2.15. The lowest BCUT2D eigenvalue weighted by atomic mass is 10.1. The molecule has 0 aliphatic heterocycles. The molecule has 19 heavy (non-hydrogen) atoms. The zero-order chi connectivity index (χ0) is 13.7. The third kappa shape index (κ3) is 3.53. The average Bonchev–Trinajstić information content (AvgIpc) is 2.41. The van der Waals surface area contributed by atoms with Crippen LogP contribution in [0.15, 0.2) is 48.7 Å². The van der Waals surface area contributed by atoms with E-state index >= 15 is 0 Å². The molecule has 0 bridgehead atoms. The van der Waals surface area contributed by atoms with Crippen LogP contribution in [0, 0.1) is 0 Å². The minimum absolute atomic E-state index is 0.254. The van der Waals surface area contributed by atoms with Gasteiger partial charge in [-0.1, -0.05) is 41.9 Å². The fraction of sp³-hybridized carbons (Fsp3) is 0.143. The van der Waals surface area contributed by atoms with Crippen LogP contribution in [0.2, 0.25) is 5.15 Å². The summed E-state index contributed by atoms with van der Waals surface area (Å²) in [5.74, 6) is -0.254. The van der Waals surface area contributed by atoms with Crippen LogP contribution in [0.5, 0.6) is 0 Å². The number of halogens is 1. The largest absolute Gasteiger partial charge is 0.367 e. The summed E-state index contributed by atoms with van der Waals surface area (Å²) in [5, 5.41) is 3.07. The number of amides is 1. The van der Waals surface area contributed by atoms with Gasteiger partial charge in [0.2, 0.25) is 0 Å². The van der Waals surface area contributed by atoms with Gasteiger partial charge in [-0.3, -0.25) is 4.79 Å². The van der Waals surface area contributed by atoms with Crippen molar-refractivity contribution in [3.63, 3.8) is 0 Å². The third-order valence-corrected chi connectivity index (χ3v) is 2.78. The van der Waals surface area contributed by atoms with Crippen LogP contribution in [0.1, 0.15) is 11.7 Å². The molecule has 1 aromatic heterocycles. The summed E-state index contributed by atoms with van der Waals surface area (Å²) in [6, 6.07) is 12.5. The van der Waals surface area contributed by atoms with Crippen molar-refractivity contribution < 1.29 is 9.53 Å². The molecule has 1 unspecified atom stereocenters. The maximum absolute atomic E-state index is 12.2. The van der Waals surface area contributed by atoms with Gasteiger partial charge in [-0.05, 0) is 17.7 Å². The van der Waals surface area contributed by atoms with Gasteiger partial charge in [0.25, 0.3) is 5.91 Å². The van der Waals surface area contributed by atoms with Crippen LogP contribution >= 0.6 is 11.6 Å². The van der Waals surface area contributed by atoms with E-state index in [1.165, 1.54) is 13.3 Å². The normalized spacial score (nSPS) is 11.9. The second kappa shape index (κ2) is 6.31. The van der Waals surface area contributed by atoms with E-state index in [0.29, 0.717) is 10.8 Å². The topological polar surface area (TPSA) is 51.2 Å². The monoisotopic (exact) mass is 276 g/mol. The Balaban J connectivity index is 2.14. The zero-order valence-electron chi connectivity index (χ0n) is 10.3. The Morgan fingerprint density at radius 2 is 2.05 bits per heavy atom. The summed E-state index contributed by atoms with van der Waals surface area (Å²) in [7, 11) is 1.50. The number of nitrogens with one attached hydrogen (secondary N) is 1. The van der Waals surface area contributed by atoms with E-state index in [0.717, 1.165) is 5.56 Å². The predicted octanol–water partition coefficient (Wildman–Crippen LogP) is 3.06. The first-order chi connectivity index (χ1) is 9.20. The van der Waals surface area contributed by atoms with Gasteiger partial charge in [-0.2, -0.15) is 0 Å². The predicted molar refractivity (Wildman–Crippen MR) is 74.1 cm³/mol. The van der Waals surface area contributed by atoms with Crippen molar-refractivity contribution in [1.82, 2.24) is 4.98 Å². The molecule has 0 fully saturated rings. The average molecular weight is 277 g/mol. The van der Waals surface area contributed by atoms with Gasteiger partial charge in [0.15, 0.2) is 6.10 Å². The molecule has 4 nitrogen and oxygen atoms in total. The highest BCUT2D eigenvalue weighted by Gasteiger charge is 2.19. The van der Waals surface area contributed by atoms with E-state index in [1.807, 2.05) is 30.3 Å². The van der Waals surface area contributed by atoms with E-state index in [2.05, 4.69) is 10.3 Å². The van der Waals surface area contributed by atoms with E-state index < -0.39 is 6.10 Å². The number of ether oxygens (including phenoxy) is 1. The highest BCUT2D eigenvalue weighted by molar-refractivity contribution is 6.29. The molecular weight excluding hydrogens is 264 g/mol. The quantitative estimate of drug-likeness (QED) is 0.873. The molecule has 1 aromatic carbocycles. The lowest BCUT2D eigenvalue weighted by Crippen LogP contribution is -2.22. The molecule has 2 aromatic rings. The summed E-state index contributed by atoms with van der Waals surface area (Å²) in [4.78, 5) is 16.0. The molecule has 0 radical (unpaired) electrons. The van der Waals surface area contributed by atoms with E-state index in [4.69, 9.17) is 16.3 Å². The summed E-state index contributed by atoms with van der Waals surface area (Å²) < 4.78 is 5.24. The molecule has 0 aliphatic rings. The number of pyridine rings is 1. The van der Waals surface area contributed by atoms with Gasteiger partial charge in [0.05, 0.1) is 0 Å². The van der Waals surface area contributed by atoms with Crippen molar-refractivity contribution in [3.05, 3.63) is 59.4 Å². The maximum atomic E-state index is 12.2. The fourth-order valence-corrected chi connectivity index (χ4v) is 1.88. The Morgan fingerprint density at radius 1 is 1.32 bits per heavy atom. The van der Waals surface area contributed by atoms with Crippen LogP contribution < -0.4 is 5.32 Å². The fourth-order valence-electron chi connectivity index (χ4n) is 1.71. The summed E-state index contributed by atoms with van der Waals surface area (Å²) in [6.07, 6.45) is 0.871. The van der Waals surface area contributed by atoms with Gasteiger partial charge in [-0.25, -0.2) is 4.98 Å². The minimum Gasteiger partial charge on any atom is -0.367 e. The molecular formula is C14H13ClN2O2. The van der Waals surface area contributed by atoms with Gasteiger partial charge in [0.1, 0.15) is 5.15 Å². The van der Waals surface area contributed by atoms with Crippen molar-refractivity contribution in [2.45, 2.75) is 6.10 Å². The minimum atomic E-state index is -0.659. The molecule has 5 heteroatoms. The van der Waals surface area contributed by atoms with Crippen LogP contribution in [-0.4, -0.2) is 18.0 Å². The van der Waals surface area contributed by atoms with Crippen LogP contribution in [0.4, 0.5) is 5.69 Å². The summed E-state index contributed by atoms with van der Waals surface area (Å²) >= 11 is 5.77. The van der Waals surface area contributed by atoms with Crippen LogP contribution in [0.25, 0.3) is 0 Å². The van der Waals surface area contributed by atoms with Crippen LogP contribution in [-0.2, 0) is 9.53 Å². The summed E-state index contributed by atoms with van der Waals surface area (Å²) in [5.41, 5.74) is 1.38. The van der Waals surface area contributed by atoms with Crippen molar-refractivity contribution >= 4 is 23.2 Å². The van der Waals surface area contributed by atoms with E-state index in [-0.39, 0.29) is 5.91 Å². The highest BCUT2D eigenvalue weighted by Crippen LogP contribution is 2.19. The zero-order valence-corrected chi connectivity index (χ0v) is 11.1. The molecule has 0 saturated heterocycles. The number of carbonyl (C=O) groups is 1. The first-order valence-corrected chi connectivity index (χ1v) is 6.08. The second-order valence-corrected chi connectivity index (χ2v) is 4.27. The molecule has 1 amide bonds. The maximum Gasteiger partial charge on any atom is 0.258 e. The standard InChI is InChI=1S/C14H13ClN2O2/c1-19-13(10-5-3-2-4-6-10)14(18)17-11-7-8-16-12(15)9-11/h2-9,13H,1H3,(H,16,17,18). The molecule has 1 heterocycles. The molecule has 98 valence electrons. The number of carbonyl (C=O) groups excluding carboxylic acids is 1. The van der Waals surface area contributed by atoms with Gasteiger partial charge in [-0.15, -0.1) is 0 Å². The van der Waals surface area contributed by atoms with Gasteiger partial charge >= 0.3 is 0 Å². The number of methoxy groups -OCH3 is 1. The Kier molecular flexibility index (Phi) is 4.49. The Labute approximate surface area is 116 Å². The van der Waals surface area contributed by atoms with Gasteiger partial charge < -0.3 is 10.1 Å². The molecule has 2 rings (SSSR count). The molecule has 0 aliphatic carbocycles. The van der Waals surface area contributed by atoms with E-state index in [1.54, 1.807) is 12.1 Å². The number of hydrogen-bond acceptors (Lipinski definition) is 3. The van der Waals surface area contributed by atoms with Crippen molar-refractivity contribution in [2.24, 2.45) is 0 Å². The Bertz CT molecular complexity index is 560. The number of anilines is 1. The first kappa shape index (κ1) is 13.5. The Hall–Kier alpha value is -1.91. The van der Waals surface area contributed by atoms with Crippen LogP contribution in [0.3, 0.4) is 0 Å². The highest BCUT2D eigenvalue weighted by atomic mass is 35.5. The van der Waals surface area contributed by atoms with Crippen molar-refractivity contribution in [3.8, 4) is 0 Å². The number of nitrogens with zero attached hydrogens (tertiary/aromatic N) is 1. The Morgan fingerprint density at radius 3 is 2.68 bits per heavy atom. The molecule has 0 saturated carbocycles.